The Morgan fingerprint density at radius 3 is 2.68 bits per heavy atom. The smallest absolute Gasteiger partial charge is 0.260 e. The van der Waals surface area contributed by atoms with Crippen LogP contribution in [0.15, 0.2) is 24.3 Å². The van der Waals surface area contributed by atoms with Crippen molar-refractivity contribution < 1.29 is 14.3 Å². The van der Waals surface area contributed by atoms with E-state index in [1.807, 2.05) is 12.1 Å². The fourth-order valence-electron chi connectivity index (χ4n) is 4.34. The molecule has 2 amide bonds. The number of fused-ring (bicyclic) bond motifs is 1. The number of likely N-dealkylation sites (tertiary alicyclic amines) is 1. The van der Waals surface area contributed by atoms with Crippen molar-refractivity contribution in [2.45, 2.75) is 51.5 Å². The Balaban J connectivity index is 1.54. The van der Waals surface area contributed by atoms with Crippen LogP contribution in [-0.2, 0) is 16.0 Å². The molecule has 1 aliphatic heterocycles. The molecule has 5 heteroatoms. The number of carbonyl (C=O) groups excluding carboxylic acids is 2. The van der Waals surface area contributed by atoms with Crippen molar-refractivity contribution in [3.63, 3.8) is 0 Å². The number of piperidine rings is 1. The molecular formula is C20H28N2O3. The van der Waals surface area contributed by atoms with Crippen molar-refractivity contribution >= 4 is 11.8 Å². The molecule has 1 saturated heterocycles. The minimum absolute atomic E-state index is 0.0773. The number of ether oxygens (including phenoxy) is 1. The SMILES string of the molecule is C[C@@H]1CC[C@@H]2[C@H](CCCN2C(=O)COc2ccc(CC(N)=O)cc2)C1. The Morgan fingerprint density at radius 2 is 1.96 bits per heavy atom. The fraction of sp³-hybridized carbons (Fsp3) is 0.600. The molecule has 1 saturated carbocycles. The molecule has 0 bridgehead atoms. The number of hydrogen-bond acceptors (Lipinski definition) is 3. The second-order valence-corrected chi connectivity index (χ2v) is 7.55. The van der Waals surface area contributed by atoms with E-state index >= 15 is 0 Å². The maximum Gasteiger partial charge on any atom is 0.260 e. The Hall–Kier alpha value is -2.04. The van der Waals surface area contributed by atoms with E-state index in [-0.39, 0.29) is 24.8 Å². The minimum Gasteiger partial charge on any atom is -0.484 e. The molecule has 2 fully saturated rings. The van der Waals surface area contributed by atoms with E-state index in [0.29, 0.717) is 17.7 Å². The Morgan fingerprint density at radius 1 is 1.20 bits per heavy atom. The molecule has 5 nitrogen and oxygen atoms in total. The molecule has 1 aromatic rings. The van der Waals surface area contributed by atoms with Gasteiger partial charge in [0, 0.05) is 12.6 Å². The van der Waals surface area contributed by atoms with Gasteiger partial charge in [-0.2, -0.15) is 0 Å². The van der Waals surface area contributed by atoms with E-state index in [1.165, 1.54) is 19.3 Å². The van der Waals surface area contributed by atoms with Gasteiger partial charge in [-0.05, 0) is 61.6 Å². The third-order valence-corrected chi connectivity index (χ3v) is 5.56. The average Bonchev–Trinajstić information content (AvgIpc) is 2.59. The summed E-state index contributed by atoms with van der Waals surface area (Å²) in [6, 6.07) is 7.59. The van der Waals surface area contributed by atoms with Crippen molar-refractivity contribution in [2.24, 2.45) is 17.6 Å². The zero-order chi connectivity index (χ0) is 17.8. The Labute approximate surface area is 149 Å². The van der Waals surface area contributed by atoms with Gasteiger partial charge in [-0.25, -0.2) is 0 Å². The van der Waals surface area contributed by atoms with Gasteiger partial charge in [0.1, 0.15) is 5.75 Å². The lowest BCUT2D eigenvalue weighted by Gasteiger charge is -2.45. The number of amides is 2. The summed E-state index contributed by atoms with van der Waals surface area (Å²) >= 11 is 0. The van der Waals surface area contributed by atoms with Crippen LogP contribution in [0, 0.1) is 11.8 Å². The van der Waals surface area contributed by atoms with Crippen LogP contribution in [0.1, 0.15) is 44.6 Å². The van der Waals surface area contributed by atoms with E-state index in [2.05, 4.69) is 11.8 Å². The molecule has 0 unspecified atom stereocenters. The highest BCUT2D eigenvalue weighted by Gasteiger charge is 2.37. The summed E-state index contributed by atoms with van der Waals surface area (Å²) in [6.07, 6.45) is 6.15. The third kappa shape index (κ3) is 4.53. The first kappa shape index (κ1) is 17.8. The lowest BCUT2D eigenvalue weighted by molar-refractivity contribution is -0.140. The van der Waals surface area contributed by atoms with Gasteiger partial charge in [-0.15, -0.1) is 0 Å². The van der Waals surface area contributed by atoms with Crippen LogP contribution in [-0.4, -0.2) is 35.9 Å². The number of benzene rings is 1. The molecule has 1 heterocycles. The van der Waals surface area contributed by atoms with Crippen molar-refractivity contribution in [3.8, 4) is 5.75 Å². The maximum absolute atomic E-state index is 12.7. The maximum atomic E-state index is 12.7. The topological polar surface area (TPSA) is 72.6 Å². The largest absolute Gasteiger partial charge is 0.484 e. The molecule has 25 heavy (non-hydrogen) atoms. The van der Waals surface area contributed by atoms with Crippen molar-refractivity contribution in [3.05, 3.63) is 29.8 Å². The first-order chi connectivity index (χ1) is 12.0. The summed E-state index contributed by atoms with van der Waals surface area (Å²) in [6.45, 7) is 3.26. The zero-order valence-corrected chi connectivity index (χ0v) is 14.9. The van der Waals surface area contributed by atoms with Gasteiger partial charge in [-0.1, -0.05) is 19.1 Å². The normalized spacial score (nSPS) is 26.0. The second-order valence-electron chi connectivity index (χ2n) is 7.55. The molecule has 0 aromatic heterocycles. The number of rotatable bonds is 5. The molecule has 3 atom stereocenters. The van der Waals surface area contributed by atoms with Gasteiger partial charge in [0.2, 0.25) is 5.91 Å². The summed E-state index contributed by atoms with van der Waals surface area (Å²) in [7, 11) is 0. The van der Waals surface area contributed by atoms with E-state index in [9.17, 15) is 9.59 Å². The monoisotopic (exact) mass is 344 g/mol. The zero-order valence-electron chi connectivity index (χ0n) is 14.9. The van der Waals surface area contributed by atoms with Crippen molar-refractivity contribution in [1.29, 1.82) is 0 Å². The Bertz CT molecular complexity index is 614. The van der Waals surface area contributed by atoms with Gasteiger partial charge in [0.15, 0.2) is 6.61 Å². The number of primary amides is 1. The van der Waals surface area contributed by atoms with Gasteiger partial charge in [0.25, 0.3) is 5.91 Å². The van der Waals surface area contributed by atoms with Crippen molar-refractivity contribution in [1.82, 2.24) is 4.90 Å². The second kappa shape index (κ2) is 7.89. The quantitative estimate of drug-likeness (QED) is 0.892. The molecule has 1 aliphatic carbocycles. The summed E-state index contributed by atoms with van der Waals surface area (Å²) in [4.78, 5) is 25.6. The van der Waals surface area contributed by atoms with Crippen LogP contribution in [0.2, 0.25) is 0 Å². The van der Waals surface area contributed by atoms with Crippen LogP contribution in [0.25, 0.3) is 0 Å². The minimum atomic E-state index is -0.356. The van der Waals surface area contributed by atoms with E-state index < -0.39 is 0 Å². The molecule has 0 spiro atoms. The summed E-state index contributed by atoms with van der Waals surface area (Å²) in [5, 5.41) is 0. The molecule has 3 rings (SSSR count). The van der Waals surface area contributed by atoms with Crippen molar-refractivity contribution in [2.75, 3.05) is 13.2 Å². The van der Waals surface area contributed by atoms with Crippen LogP contribution >= 0.6 is 0 Å². The lowest BCUT2D eigenvalue weighted by atomic mass is 9.74. The third-order valence-electron chi connectivity index (χ3n) is 5.56. The van der Waals surface area contributed by atoms with Gasteiger partial charge < -0.3 is 15.4 Å². The van der Waals surface area contributed by atoms with Gasteiger partial charge in [-0.3, -0.25) is 9.59 Å². The van der Waals surface area contributed by atoms with E-state index in [1.54, 1.807) is 12.1 Å². The molecule has 0 radical (unpaired) electrons. The van der Waals surface area contributed by atoms with Gasteiger partial charge in [0.05, 0.1) is 6.42 Å². The number of nitrogens with zero attached hydrogens (tertiary/aromatic N) is 1. The number of nitrogens with two attached hydrogens (primary N) is 1. The highest BCUT2D eigenvalue weighted by molar-refractivity contribution is 5.78. The number of hydrogen-bond donors (Lipinski definition) is 1. The Kier molecular flexibility index (Phi) is 5.61. The lowest BCUT2D eigenvalue weighted by Crippen LogP contribution is -2.51. The van der Waals surface area contributed by atoms with Crippen LogP contribution in [0.3, 0.4) is 0 Å². The summed E-state index contributed by atoms with van der Waals surface area (Å²) in [5.41, 5.74) is 6.03. The van der Waals surface area contributed by atoms with E-state index in [0.717, 1.165) is 30.9 Å². The first-order valence-electron chi connectivity index (χ1n) is 9.32. The molecule has 136 valence electrons. The van der Waals surface area contributed by atoms with E-state index in [4.69, 9.17) is 10.5 Å². The summed E-state index contributed by atoms with van der Waals surface area (Å²) < 4.78 is 5.67. The van der Waals surface area contributed by atoms with Crippen LogP contribution in [0.5, 0.6) is 5.75 Å². The van der Waals surface area contributed by atoms with Crippen LogP contribution < -0.4 is 10.5 Å². The predicted octanol–water partition coefficient (Wildman–Crippen LogP) is 2.52. The molecule has 2 N–H and O–H groups in total. The average molecular weight is 344 g/mol. The van der Waals surface area contributed by atoms with Crippen LogP contribution in [0.4, 0.5) is 0 Å². The highest BCUT2D eigenvalue weighted by atomic mass is 16.5. The van der Waals surface area contributed by atoms with Gasteiger partial charge >= 0.3 is 0 Å². The first-order valence-corrected chi connectivity index (χ1v) is 9.32. The molecular weight excluding hydrogens is 316 g/mol. The number of carbonyl (C=O) groups is 2. The highest BCUT2D eigenvalue weighted by Crippen LogP contribution is 2.37. The molecule has 1 aromatic carbocycles. The standard InChI is InChI=1S/C20H28N2O3/c1-14-4-9-18-16(11-14)3-2-10-22(18)20(24)13-25-17-7-5-15(6-8-17)12-19(21)23/h5-8,14,16,18H,2-4,9-13H2,1H3,(H2,21,23)/t14-,16-,18-/m1/s1. The predicted molar refractivity (Wildman–Crippen MR) is 96.1 cm³/mol. The fourth-order valence-corrected chi connectivity index (χ4v) is 4.34. The summed E-state index contributed by atoms with van der Waals surface area (Å²) in [5.74, 6) is 1.82. The molecule has 2 aliphatic rings.